The normalized spacial score (nSPS) is 14.3. The monoisotopic (exact) mass is 472 g/mol. The second kappa shape index (κ2) is 14.6. The highest BCUT2D eigenvalue weighted by atomic mass is 16.4. The fourth-order valence-electron chi connectivity index (χ4n) is 2.73. The van der Waals surface area contributed by atoms with Gasteiger partial charge in [0.1, 0.15) is 18.1 Å². The predicted molar refractivity (Wildman–Crippen MR) is 120 cm³/mol. The largest absolute Gasteiger partial charge is 0.480 e. The number of guanidine groups is 1. The Morgan fingerprint density at radius 1 is 0.879 bits per heavy atom. The van der Waals surface area contributed by atoms with E-state index in [9.17, 15) is 29.1 Å². The van der Waals surface area contributed by atoms with Crippen LogP contribution in [0.25, 0.3) is 0 Å². The number of nitrogens with zero attached hydrogens (tertiary/aromatic N) is 1. The third kappa shape index (κ3) is 12.9. The Morgan fingerprint density at radius 2 is 1.45 bits per heavy atom. The van der Waals surface area contributed by atoms with E-state index < -0.39 is 60.2 Å². The summed E-state index contributed by atoms with van der Waals surface area (Å²) in [4.78, 5) is 63.4. The zero-order valence-electron chi connectivity index (χ0n) is 19.2. The molecule has 0 bridgehead atoms. The molecule has 0 saturated carbocycles. The van der Waals surface area contributed by atoms with Gasteiger partial charge < -0.3 is 44.0 Å². The molecule has 0 fully saturated rings. The van der Waals surface area contributed by atoms with E-state index in [-0.39, 0.29) is 31.3 Å². The third-order valence-corrected chi connectivity index (χ3v) is 4.41. The molecule has 33 heavy (non-hydrogen) atoms. The number of hydrogen-bond donors (Lipinski definition) is 8. The van der Waals surface area contributed by atoms with Crippen LogP contribution >= 0.6 is 0 Å². The van der Waals surface area contributed by atoms with Gasteiger partial charge in [-0.15, -0.1) is 0 Å². The third-order valence-electron chi connectivity index (χ3n) is 4.41. The van der Waals surface area contributed by atoms with Gasteiger partial charge in [0, 0.05) is 6.54 Å². The van der Waals surface area contributed by atoms with Crippen LogP contribution in [-0.2, 0) is 24.0 Å². The maximum absolute atomic E-state index is 12.7. The zero-order chi connectivity index (χ0) is 25.7. The van der Waals surface area contributed by atoms with Crippen LogP contribution in [0.3, 0.4) is 0 Å². The van der Waals surface area contributed by atoms with Gasteiger partial charge in [0.25, 0.3) is 0 Å². The van der Waals surface area contributed by atoms with Gasteiger partial charge in [-0.2, -0.15) is 0 Å². The van der Waals surface area contributed by atoms with Crippen molar-refractivity contribution in [2.24, 2.45) is 33.8 Å². The number of primary amides is 1. The number of aliphatic imine (C=N–C) groups is 1. The van der Waals surface area contributed by atoms with Gasteiger partial charge in [-0.3, -0.25) is 24.2 Å². The summed E-state index contributed by atoms with van der Waals surface area (Å²) in [6.07, 6.45) is 0.216. The summed E-state index contributed by atoms with van der Waals surface area (Å²) < 4.78 is 0. The number of carbonyl (C=O) groups is 5. The molecule has 188 valence electrons. The Labute approximate surface area is 192 Å². The van der Waals surface area contributed by atoms with E-state index in [0.717, 1.165) is 0 Å². The van der Waals surface area contributed by atoms with Gasteiger partial charge in [0.15, 0.2) is 5.96 Å². The molecule has 0 radical (unpaired) electrons. The van der Waals surface area contributed by atoms with Crippen molar-refractivity contribution in [1.29, 1.82) is 0 Å². The fourth-order valence-corrected chi connectivity index (χ4v) is 2.73. The standard InChI is InChI=1S/C19H36N8O6/c1-9(2)7-13(17(31)26-12(18(32)33)5-4-6-24-19(22)23)27-15(29)10(3)25-16(30)11(20)8-14(21)28/h9-13H,4-8,20H2,1-3H3,(H2,21,28)(H,25,30)(H,26,31)(H,27,29)(H,32,33)(H4,22,23,24). The quantitative estimate of drug-likeness (QED) is 0.0678. The van der Waals surface area contributed by atoms with Gasteiger partial charge in [0.05, 0.1) is 12.5 Å². The first kappa shape index (κ1) is 29.6. The molecule has 0 aliphatic rings. The minimum atomic E-state index is -1.24. The summed E-state index contributed by atoms with van der Waals surface area (Å²) >= 11 is 0. The first-order chi connectivity index (χ1) is 15.2. The highest BCUT2D eigenvalue weighted by Crippen LogP contribution is 2.07. The van der Waals surface area contributed by atoms with Gasteiger partial charge in [-0.05, 0) is 32.1 Å². The second-order valence-corrected chi connectivity index (χ2v) is 8.05. The number of carbonyl (C=O) groups excluding carboxylic acids is 4. The lowest BCUT2D eigenvalue weighted by Gasteiger charge is -2.24. The molecule has 0 heterocycles. The van der Waals surface area contributed by atoms with Crippen molar-refractivity contribution < 1.29 is 29.1 Å². The van der Waals surface area contributed by atoms with Crippen molar-refractivity contribution >= 4 is 35.6 Å². The minimum Gasteiger partial charge on any atom is -0.480 e. The van der Waals surface area contributed by atoms with Crippen LogP contribution < -0.4 is 38.9 Å². The molecule has 0 rings (SSSR count). The maximum atomic E-state index is 12.7. The molecule has 0 spiro atoms. The number of aliphatic carboxylic acids is 1. The van der Waals surface area contributed by atoms with Crippen LogP contribution in [0.15, 0.2) is 4.99 Å². The molecule has 0 aliphatic carbocycles. The Bertz CT molecular complexity index is 738. The number of carboxylic acid groups (broad SMARTS) is 1. The van der Waals surface area contributed by atoms with E-state index in [1.165, 1.54) is 6.92 Å². The number of nitrogens with two attached hydrogens (primary N) is 4. The summed E-state index contributed by atoms with van der Waals surface area (Å²) in [6, 6.07) is -4.55. The van der Waals surface area contributed by atoms with E-state index in [4.69, 9.17) is 22.9 Å². The van der Waals surface area contributed by atoms with Crippen LogP contribution in [0, 0.1) is 5.92 Å². The van der Waals surface area contributed by atoms with E-state index >= 15 is 0 Å². The lowest BCUT2D eigenvalue weighted by Crippen LogP contribution is -2.56. The summed E-state index contributed by atoms with van der Waals surface area (Å²) in [5, 5.41) is 16.7. The molecule has 4 unspecified atom stereocenters. The molecule has 0 aliphatic heterocycles. The molecule has 4 atom stereocenters. The predicted octanol–water partition coefficient (Wildman–Crippen LogP) is -3.15. The Balaban J connectivity index is 5.10. The molecule has 0 saturated heterocycles. The van der Waals surface area contributed by atoms with Gasteiger partial charge in [0.2, 0.25) is 23.6 Å². The summed E-state index contributed by atoms with van der Waals surface area (Å²) in [5.74, 6) is -4.28. The van der Waals surface area contributed by atoms with Gasteiger partial charge in [-0.1, -0.05) is 13.8 Å². The molecule has 14 heteroatoms. The SMILES string of the molecule is CC(C)CC(NC(=O)C(C)NC(=O)C(N)CC(N)=O)C(=O)NC(CCCN=C(N)N)C(=O)O. The minimum absolute atomic E-state index is 0.0138. The molecule has 4 amide bonds. The first-order valence-corrected chi connectivity index (χ1v) is 10.5. The van der Waals surface area contributed by atoms with Crippen molar-refractivity contribution in [3.05, 3.63) is 0 Å². The van der Waals surface area contributed by atoms with Crippen LogP contribution in [0.4, 0.5) is 0 Å². The number of amides is 4. The first-order valence-electron chi connectivity index (χ1n) is 10.5. The number of carboxylic acids is 1. The molecule has 14 nitrogen and oxygen atoms in total. The smallest absolute Gasteiger partial charge is 0.326 e. The zero-order valence-corrected chi connectivity index (χ0v) is 19.2. The highest BCUT2D eigenvalue weighted by molar-refractivity contribution is 5.94. The number of hydrogen-bond acceptors (Lipinski definition) is 7. The summed E-state index contributed by atoms with van der Waals surface area (Å²) in [7, 11) is 0. The lowest BCUT2D eigenvalue weighted by atomic mass is 10.0. The molecule has 0 aromatic rings. The topological polar surface area (TPSA) is 258 Å². The van der Waals surface area contributed by atoms with Crippen molar-refractivity contribution in [2.45, 2.75) is 70.6 Å². The van der Waals surface area contributed by atoms with Gasteiger partial charge in [-0.25, -0.2) is 4.79 Å². The molecule has 12 N–H and O–H groups in total. The second-order valence-electron chi connectivity index (χ2n) is 8.05. The van der Waals surface area contributed by atoms with Crippen molar-refractivity contribution in [3.63, 3.8) is 0 Å². The van der Waals surface area contributed by atoms with E-state index in [1.54, 1.807) is 0 Å². The van der Waals surface area contributed by atoms with E-state index in [1.807, 2.05) is 13.8 Å². The van der Waals surface area contributed by atoms with Crippen LogP contribution in [0.1, 0.15) is 46.5 Å². The van der Waals surface area contributed by atoms with Crippen LogP contribution in [-0.4, -0.2) is 71.4 Å². The number of rotatable bonds is 15. The molecule has 0 aromatic heterocycles. The van der Waals surface area contributed by atoms with Crippen molar-refractivity contribution in [2.75, 3.05) is 6.54 Å². The van der Waals surface area contributed by atoms with E-state index in [0.29, 0.717) is 6.42 Å². The van der Waals surface area contributed by atoms with E-state index in [2.05, 4.69) is 20.9 Å². The summed E-state index contributed by atoms with van der Waals surface area (Å²) in [5.41, 5.74) is 21.0. The fraction of sp³-hybridized carbons (Fsp3) is 0.684. The molecular formula is C19H36N8O6. The average molecular weight is 473 g/mol. The maximum Gasteiger partial charge on any atom is 0.326 e. The van der Waals surface area contributed by atoms with Crippen molar-refractivity contribution in [3.8, 4) is 0 Å². The average Bonchev–Trinajstić information content (AvgIpc) is 2.67. The Morgan fingerprint density at radius 3 is 1.94 bits per heavy atom. The molecular weight excluding hydrogens is 436 g/mol. The lowest BCUT2D eigenvalue weighted by molar-refractivity contribution is -0.142. The highest BCUT2D eigenvalue weighted by Gasteiger charge is 2.29. The van der Waals surface area contributed by atoms with Crippen molar-refractivity contribution in [1.82, 2.24) is 16.0 Å². The van der Waals surface area contributed by atoms with Crippen LogP contribution in [0.5, 0.6) is 0 Å². The van der Waals surface area contributed by atoms with Crippen LogP contribution in [0.2, 0.25) is 0 Å². The Hall–Kier alpha value is -3.42. The molecule has 0 aromatic carbocycles. The number of nitrogens with one attached hydrogen (secondary N) is 3. The summed E-state index contributed by atoms with van der Waals surface area (Å²) in [6.45, 7) is 5.22. The Kier molecular flexibility index (Phi) is 13.1. The van der Waals surface area contributed by atoms with Gasteiger partial charge >= 0.3 is 5.97 Å².